The van der Waals surface area contributed by atoms with E-state index in [9.17, 15) is 19.0 Å². The van der Waals surface area contributed by atoms with Crippen molar-refractivity contribution >= 4 is 0 Å². The second-order valence-corrected chi connectivity index (χ2v) is 12.7. The summed E-state index contributed by atoms with van der Waals surface area (Å²) in [5.74, 6) is 0.0385. The lowest BCUT2D eigenvalue weighted by molar-refractivity contribution is -0.152. The zero-order chi connectivity index (χ0) is 22.1. The number of alkyl halides is 2. The Bertz CT molecular complexity index is 647. The van der Waals surface area contributed by atoms with E-state index in [0.29, 0.717) is 23.2 Å². The molecule has 0 radical (unpaired) electrons. The van der Waals surface area contributed by atoms with Gasteiger partial charge in [0.15, 0.2) is 0 Å². The first kappa shape index (κ1) is 23.0. The molecule has 0 bridgehead atoms. The highest BCUT2D eigenvalue weighted by atomic mass is 19.3. The van der Waals surface area contributed by atoms with Gasteiger partial charge < -0.3 is 10.2 Å². The quantitative estimate of drug-likeness (QED) is 0.543. The average molecular weight is 427 g/mol. The number of hydrogen-bond donors (Lipinski definition) is 2. The molecule has 0 saturated heterocycles. The molecule has 0 amide bonds. The predicted octanol–water partition coefficient (Wildman–Crippen LogP) is 6.44. The molecule has 4 aliphatic carbocycles. The Labute approximate surface area is 182 Å². The Morgan fingerprint density at radius 1 is 0.900 bits per heavy atom. The van der Waals surface area contributed by atoms with E-state index >= 15 is 0 Å². The van der Waals surface area contributed by atoms with E-state index < -0.39 is 17.6 Å². The van der Waals surface area contributed by atoms with Gasteiger partial charge in [-0.25, -0.2) is 8.78 Å². The van der Waals surface area contributed by atoms with Gasteiger partial charge >= 0.3 is 0 Å². The van der Waals surface area contributed by atoms with E-state index in [1.54, 1.807) is 0 Å². The van der Waals surface area contributed by atoms with Crippen molar-refractivity contribution in [1.29, 1.82) is 0 Å². The maximum absolute atomic E-state index is 14.3. The maximum Gasteiger partial charge on any atom is 0.273 e. The van der Waals surface area contributed by atoms with Gasteiger partial charge in [-0.15, -0.1) is 0 Å². The van der Waals surface area contributed by atoms with Gasteiger partial charge in [0.25, 0.3) is 5.92 Å². The highest BCUT2D eigenvalue weighted by Crippen LogP contribution is 2.69. The fourth-order valence-corrected chi connectivity index (χ4v) is 9.15. The minimum atomic E-state index is -2.99. The summed E-state index contributed by atoms with van der Waals surface area (Å²) in [6, 6.07) is 0. The highest BCUT2D eigenvalue weighted by Gasteiger charge is 2.61. The topological polar surface area (TPSA) is 40.5 Å². The average Bonchev–Trinajstić information content (AvgIpc) is 2.99. The lowest BCUT2D eigenvalue weighted by Gasteiger charge is -2.62. The van der Waals surface area contributed by atoms with Crippen LogP contribution in [0.1, 0.15) is 98.8 Å². The lowest BCUT2D eigenvalue weighted by atomic mass is 9.43. The van der Waals surface area contributed by atoms with Crippen molar-refractivity contribution in [3.8, 4) is 0 Å². The van der Waals surface area contributed by atoms with E-state index in [1.807, 2.05) is 13.8 Å². The smallest absolute Gasteiger partial charge is 0.273 e. The summed E-state index contributed by atoms with van der Waals surface area (Å²) in [7, 11) is 0. The third kappa shape index (κ3) is 3.56. The normalized spacial score (nSPS) is 50.9. The number of aliphatic hydroxyl groups excluding tert-OH is 1. The highest BCUT2D eigenvalue weighted by molar-refractivity contribution is 5.10. The summed E-state index contributed by atoms with van der Waals surface area (Å²) < 4.78 is 28.6. The van der Waals surface area contributed by atoms with E-state index in [-0.39, 0.29) is 17.8 Å². The lowest BCUT2D eigenvalue weighted by Crippen LogP contribution is -2.55. The summed E-state index contributed by atoms with van der Waals surface area (Å²) in [6.45, 7) is 10.1. The molecule has 0 spiro atoms. The SMILES string of the molecule is CC(CC(F)(F)C(C)O)C1CCC2C3CCC4CC(C)(O)CCC4(C)C3CCC12C. The molecular weight excluding hydrogens is 382 g/mol. The van der Waals surface area contributed by atoms with E-state index in [4.69, 9.17) is 0 Å². The third-order valence-electron chi connectivity index (χ3n) is 10.9. The Kier molecular flexibility index (Phi) is 5.66. The van der Waals surface area contributed by atoms with Crippen LogP contribution in [0, 0.1) is 46.3 Å². The zero-order valence-electron chi connectivity index (χ0n) is 19.8. The largest absolute Gasteiger partial charge is 0.390 e. The number of halogens is 2. The van der Waals surface area contributed by atoms with Gasteiger partial charge in [0.1, 0.15) is 6.10 Å². The van der Waals surface area contributed by atoms with E-state index in [0.717, 1.165) is 43.9 Å². The summed E-state index contributed by atoms with van der Waals surface area (Å²) in [5.41, 5.74) is 0.0113. The molecule has 0 heterocycles. The third-order valence-corrected chi connectivity index (χ3v) is 10.9. The van der Waals surface area contributed by atoms with Crippen LogP contribution in [0.25, 0.3) is 0 Å². The Morgan fingerprint density at radius 2 is 1.57 bits per heavy atom. The number of aliphatic hydroxyl groups is 2. The van der Waals surface area contributed by atoms with Crippen molar-refractivity contribution < 1.29 is 19.0 Å². The fourth-order valence-electron chi connectivity index (χ4n) is 9.15. The first-order valence-electron chi connectivity index (χ1n) is 12.6. The van der Waals surface area contributed by atoms with Crippen LogP contribution in [0.15, 0.2) is 0 Å². The molecule has 10 atom stereocenters. The molecule has 0 aromatic heterocycles. The van der Waals surface area contributed by atoms with Gasteiger partial charge in [-0.1, -0.05) is 20.8 Å². The molecule has 10 unspecified atom stereocenters. The molecule has 30 heavy (non-hydrogen) atoms. The van der Waals surface area contributed by atoms with Crippen molar-refractivity contribution in [1.82, 2.24) is 0 Å². The summed E-state index contributed by atoms with van der Waals surface area (Å²) in [4.78, 5) is 0. The molecule has 0 aromatic rings. The van der Waals surface area contributed by atoms with Crippen molar-refractivity contribution in [2.24, 2.45) is 46.3 Å². The summed E-state index contributed by atoms with van der Waals surface area (Å²) in [6.07, 6.45) is 8.35. The van der Waals surface area contributed by atoms with E-state index in [1.165, 1.54) is 32.6 Å². The molecule has 2 nitrogen and oxygen atoms in total. The van der Waals surface area contributed by atoms with E-state index in [2.05, 4.69) is 13.8 Å². The van der Waals surface area contributed by atoms with Crippen LogP contribution in [0.5, 0.6) is 0 Å². The first-order chi connectivity index (χ1) is 13.8. The van der Waals surface area contributed by atoms with Crippen LogP contribution in [-0.4, -0.2) is 27.8 Å². The number of rotatable bonds is 4. The zero-order valence-corrected chi connectivity index (χ0v) is 19.8. The molecule has 4 aliphatic rings. The minimum absolute atomic E-state index is 0.0575. The van der Waals surface area contributed by atoms with Crippen LogP contribution in [0.2, 0.25) is 0 Å². The van der Waals surface area contributed by atoms with Crippen molar-refractivity contribution in [3.05, 3.63) is 0 Å². The molecule has 4 saturated carbocycles. The second-order valence-electron chi connectivity index (χ2n) is 12.7. The molecule has 2 N–H and O–H groups in total. The summed E-state index contributed by atoms with van der Waals surface area (Å²) in [5, 5.41) is 20.2. The summed E-state index contributed by atoms with van der Waals surface area (Å²) >= 11 is 0. The predicted molar refractivity (Wildman–Crippen MR) is 116 cm³/mol. The molecule has 4 fully saturated rings. The van der Waals surface area contributed by atoms with Crippen molar-refractivity contribution in [2.75, 3.05) is 0 Å². The van der Waals surface area contributed by atoms with Crippen LogP contribution in [-0.2, 0) is 0 Å². The Balaban J connectivity index is 1.52. The van der Waals surface area contributed by atoms with Crippen molar-refractivity contribution in [2.45, 2.75) is 116 Å². The van der Waals surface area contributed by atoms with Gasteiger partial charge in [0, 0.05) is 6.42 Å². The van der Waals surface area contributed by atoms with Crippen LogP contribution in [0.3, 0.4) is 0 Å². The van der Waals surface area contributed by atoms with Crippen LogP contribution in [0.4, 0.5) is 8.78 Å². The first-order valence-corrected chi connectivity index (χ1v) is 12.6. The Morgan fingerprint density at radius 3 is 2.23 bits per heavy atom. The molecular formula is C26H44F2O2. The standard InChI is InChI=1S/C26H44F2O2/c1-16(14-26(27,28)17(2)29)20-8-9-21-19-7-6-18-15-23(3,30)12-13-24(18,4)22(19)10-11-25(20,21)5/h16-22,29-30H,6-15H2,1-5H3. The van der Waals surface area contributed by atoms with Crippen LogP contribution < -0.4 is 0 Å². The monoisotopic (exact) mass is 426 g/mol. The van der Waals surface area contributed by atoms with Crippen molar-refractivity contribution in [3.63, 3.8) is 0 Å². The molecule has 174 valence electrons. The molecule has 4 rings (SSSR count). The minimum Gasteiger partial charge on any atom is -0.390 e. The Hall–Kier alpha value is -0.220. The number of fused-ring (bicyclic) bond motifs is 5. The van der Waals surface area contributed by atoms with Gasteiger partial charge in [0.2, 0.25) is 0 Å². The fraction of sp³-hybridized carbons (Fsp3) is 1.00. The maximum atomic E-state index is 14.3. The molecule has 0 aromatic carbocycles. The van der Waals surface area contributed by atoms with Crippen LogP contribution >= 0.6 is 0 Å². The molecule has 0 aliphatic heterocycles. The number of hydrogen-bond acceptors (Lipinski definition) is 2. The van der Waals surface area contributed by atoms with Gasteiger partial charge in [0.05, 0.1) is 5.60 Å². The van der Waals surface area contributed by atoms with Gasteiger partial charge in [-0.05, 0) is 118 Å². The van der Waals surface area contributed by atoms with Gasteiger partial charge in [-0.3, -0.25) is 0 Å². The second kappa shape index (κ2) is 7.40. The van der Waals surface area contributed by atoms with Gasteiger partial charge in [-0.2, -0.15) is 0 Å². The molecule has 4 heteroatoms.